The molecule has 64 valence electrons. The SMILES string of the molecule is C=C(C)C(C#N)=CC=CC(C)C. The third-order valence-electron chi connectivity index (χ3n) is 1.34. The van der Waals surface area contributed by atoms with Crippen molar-refractivity contribution >= 4 is 0 Å². The molecule has 0 heterocycles. The lowest BCUT2D eigenvalue weighted by Crippen LogP contribution is -1.79. The molecule has 0 aliphatic rings. The highest BCUT2D eigenvalue weighted by Crippen LogP contribution is 2.05. The molecular weight excluding hydrogens is 146 g/mol. The first-order chi connectivity index (χ1) is 5.57. The Bertz CT molecular complexity index is 249. The Morgan fingerprint density at radius 1 is 1.50 bits per heavy atom. The molecule has 0 aliphatic carbocycles. The van der Waals surface area contributed by atoms with Crippen LogP contribution in [0.15, 0.2) is 36.0 Å². The van der Waals surface area contributed by atoms with Crippen LogP contribution in [0.2, 0.25) is 0 Å². The molecule has 0 fully saturated rings. The van der Waals surface area contributed by atoms with Crippen LogP contribution in [0.1, 0.15) is 20.8 Å². The number of nitriles is 1. The summed E-state index contributed by atoms with van der Waals surface area (Å²) in [5.41, 5.74) is 1.46. The Hall–Kier alpha value is -1.29. The Labute approximate surface area is 74.7 Å². The van der Waals surface area contributed by atoms with Crippen molar-refractivity contribution in [2.75, 3.05) is 0 Å². The van der Waals surface area contributed by atoms with Gasteiger partial charge in [0.1, 0.15) is 0 Å². The Balaban J connectivity index is 4.35. The van der Waals surface area contributed by atoms with Crippen molar-refractivity contribution in [1.29, 1.82) is 5.26 Å². The van der Waals surface area contributed by atoms with Crippen molar-refractivity contribution in [1.82, 2.24) is 0 Å². The van der Waals surface area contributed by atoms with Gasteiger partial charge in [0.2, 0.25) is 0 Å². The van der Waals surface area contributed by atoms with E-state index in [0.29, 0.717) is 11.5 Å². The minimum Gasteiger partial charge on any atom is -0.192 e. The molecule has 0 spiro atoms. The van der Waals surface area contributed by atoms with Crippen molar-refractivity contribution in [3.05, 3.63) is 36.0 Å². The lowest BCUT2D eigenvalue weighted by molar-refractivity contribution is 0.832. The lowest BCUT2D eigenvalue weighted by Gasteiger charge is -1.93. The van der Waals surface area contributed by atoms with E-state index in [1.165, 1.54) is 0 Å². The quantitative estimate of drug-likeness (QED) is 0.460. The van der Waals surface area contributed by atoms with E-state index in [4.69, 9.17) is 5.26 Å². The molecule has 1 heteroatoms. The van der Waals surface area contributed by atoms with Gasteiger partial charge in [0.05, 0.1) is 11.6 Å². The molecule has 0 amide bonds. The fraction of sp³-hybridized carbons (Fsp3) is 0.364. The molecule has 0 radical (unpaired) electrons. The lowest BCUT2D eigenvalue weighted by atomic mass is 10.1. The molecule has 0 rings (SSSR count). The molecule has 0 aromatic rings. The molecule has 0 aromatic carbocycles. The molecule has 1 nitrogen and oxygen atoms in total. The van der Waals surface area contributed by atoms with E-state index in [2.05, 4.69) is 26.5 Å². The maximum Gasteiger partial charge on any atom is 0.0994 e. The average molecular weight is 161 g/mol. The molecule has 0 N–H and O–H groups in total. The predicted octanol–water partition coefficient (Wildman–Crippen LogP) is 3.22. The molecule has 12 heavy (non-hydrogen) atoms. The van der Waals surface area contributed by atoms with Gasteiger partial charge < -0.3 is 0 Å². The molecule has 0 saturated carbocycles. The Morgan fingerprint density at radius 3 is 2.42 bits per heavy atom. The summed E-state index contributed by atoms with van der Waals surface area (Å²) in [4.78, 5) is 0. The van der Waals surface area contributed by atoms with Crippen molar-refractivity contribution in [3.8, 4) is 6.07 Å². The van der Waals surface area contributed by atoms with Gasteiger partial charge in [-0.1, -0.05) is 32.6 Å². The third-order valence-corrected chi connectivity index (χ3v) is 1.34. The second kappa shape index (κ2) is 5.37. The van der Waals surface area contributed by atoms with E-state index in [-0.39, 0.29) is 0 Å². The van der Waals surface area contributed by atoms with E-state index in [1.807, 2.05) is 19.1 Å². The fourth-order valence-corrected chi connectivity index (χ4v) is 0.649. The normalized spacial score (nSPS) is 12.1. The summed E-state index contributed by atoms with van der Waals surface area (Å²) in [6, 6.07) is 2.09. The van der Waals surface area contributed by atoms with Gasteiger partial charge in [-0.2, -0.15) is 5.26 Å². The first kappa shape index (κ1) is 10.7. The van der Waals surface area contributed by atoms with Crippen molar-refractivity contribution in [2.45, 2.75) is 20.8 Å². The van der Waals surface area contributed by atoms with E-state index in [9.17, 15) is 0 Å². The first-order valence-corrected chi connectivity index (χ1v) is 4.02. The van der Waals surface area contributed by atoms with Crippen LogP contribution in [0.3, 0.4) is 0 Å². The minimum absolute atomic E-state index is 0.520. The van der Waals surface area contributed by atoms with Gasteiger partial charge in [0.25, 0.3) is 0 Å². The number of hydrogen-bond donors (Lipinski definition) is 0. The van der Waals surface area contributed by atoms with Crippen LogP contribution < -0.4 is 0 Å². The van der Waals surface area contributed by atoms with E-state index < -0.39 is 0 Å². The number of rotatable bonds is 3. The minimum atomic E-state index is 0.520. The fourth-order valence-electron chi connectivity index (χ4n) is 0.649. The van der Waals surface area contributed by atoms with Crippen molar-refractivity contribution in [3.63, 3.8) is 0 Å². The summed E-state index contributed by atoms with van der Waals surface area (Å²) < 4.78 is 0. The summed E-state index contributed by atoms with van der Waals surface area (Å²) in [7, 11) is 0. The van der Waals surface area contributed by atoms with Crippen LogP contribution in [-0.4, -0.2) is 0 Å². The van der Waals surface area contributed by atoms with Gasteiger partial charge >= 0.3 is 0 Å². The van der Waals surface area contributed by atoms with Crippen LogP contribution in [0.5, 0.6) is 0 Å². The second-order valence-corrected chi connectivity index (χ2v) is 3.10. The monoisotopic (exact) mass is 161 g/mol. The maximum atomic E-state index is 8.65. The van der Waals surface area contributed by atoms with Crippen LogP contribution in [-0.2, 0) is 0 Å². The largest absolute Gasteiger partial charge is 0.192 e. The standard InChI is InChI=1S/C11H15N/c1-9(2)6-5-7-11(8-12)10(3)4/h5-7,9H,3H2,1-2,4H3. The summed E-state index contributed by atoms with van der Waals surface area (Å²) in [6.07, 6.45) is 5.74. The summed E-state index contributed by atoms with van der Waals surface area (Å²) >= 11 is 0. The second-order valence-electron chi connectivity index (χ2n) is 3.10. The van der Waals surface area contributed by atoms with E-state index in [0.717, 1.165) is 5.57 Å². The zero-order chi connectivity index (χ0) is 9.56. The van der Waals surface area contributed by atoms with Crippen LogP contribution in [0.25, 0.3) is 0 Å². The van der Waals surface area contributed by atoms with Gasteiger partial charge in [-0.05, 0) is 24.5 Å². The van der Waals surface area contributed by atoms with Crippen molar-refractivity contribution < 1.29 is 0 Å². The van der Waals surface area contributed by atoms with Crippen LogP contribution in [0.4, 0.5) is 0 Å². The van der Waals surface area contributed by atoms with Crippen LogP contribution >= 0.6 is 0 Å². The molecule has 0 unspecified atom stereocenters. The van der Waals surface area contributed by atoms with Gasteiger partial charge in [0, 0.05) is 0 Å². The van der Waals surface area contributed by atoms with Gasteiger partial charge in [0.15, 0.2) is 0 Å². The molecule has 0 saturated heterocycles. The number of allylic oxidation sites excluding steroid dienone is 5. The highest BCUT2D eigenvalue weighted by molar-refractivity contribution is 5.41. The average Bonchev–Trinajstić information content (AvgIpc) is 1.96. The number of hydrogen-bond acceptors (Lipinski definition) is 1. The molecular formula is C11H15N. The Kier molecular flexibility index (Phi) is 4.79. The summed E-state index contributed by atoms with van der Waals surface area (Å²) in [5.74, 6) is 0.520. The topological polar surface area (TPSA) is 23.8 Å². The predicted molar refractivity (Wildman–Crippen MR) is 52.5 cm³/mol. The van der Waals surface area contributed by atoms with E-state index >= 15 is 0 Å². The Morgan fingerprint density at radius 2 is 2.08 bits per heavy atom. The molecule has 0 bridgehead atoms. The van der Waals surface area contributed by atoms with Gasteiger partial charge in [-0.3, -0.25) is 0 Å². The van der Waals surface area contributed by atoms with Crippen LogP contribution in [0, 0.1) is 17.2 Å². The van der Waals surface area contributed by atoms with Crippen molar-refractivity contribution in [2.24, 2.45) is 5.92 Å². The van der Waals surface area contributed by atoms with Gasteiger partial charge in [-0.25, -0.2) is 0 Å². The first-order valence-electron chi connectivity index (χ1n) is 4.02. The zero-order valence-corrected chi connectivity index (χ0v) is 7.96. The summed E-state index contributed by atoms with van der Waals surface area (Å²) in [6.45, 7) is 9.72. The van der Waals surface area contributed by atoms with Gasteiger partial charge in [-0.15, -0.1) is 0 Å². The number of nitrogens with zero attached hydrogens (tertiary/aromatic N) is 1. The smallest absolute Gasteiger partial charge is 0.0994 e. The molecule has 0 aromatic heterocycles. The molecule has 0 aliphatic heterocycles. The maximum absolute atomic E-state index is 8.65. The van der Waals surface area contributed by atoms with E-state index in [1.54, 1.807) is 6.08 Å². The third kappa shape index (κ3) is 4.51. The zero-order valence-electron chi connectivity index (χ0n) is 7.96. The highest BCUT2D eigenvalue weighted by Gasteiger charge is 1.91. The molecule has 0 atom stereocenters. The highest BCUT2D eigenvalue weighted by atomic mass is 14.2. The summed E-state index contributed by atoms with van der Waals surface area (Å²) in [5, 5.41) is 8.65.